The van der Waals surface area contributed by atoms with Gasteiger partial charge in [0.1, 0.15) is 0 Å². The largest absolute Gasteiger partial charge is 0.326 e. The number of nitrogens with two attached hydrogens (primary N) is 1. The van der Waals surface area contributed by atoms with E-state index in [-0.39, 0.29) is 0 Å². The Labute approximate surface area is 112 Å². The van der Waals surface area contributed by atoms with Gasteiger partial charge < -0.3 is 5.73 Å². The maximum absolute atomic E-state index is 5.70. The summed E-state index contributed by atoms with van der Waals surface area (Å²) in [6, 6.07) is 9.31. The van der Waals surface area contributed by atoms with Crippen LogP contribution in [0.5, 0.6) is 0 Å². The molecular formula is C16H28N2. The fraction of sp³-hybridized carbons (Fsp3) is 0.625. The van der Waals surface area contributed by atoms with Gasteiger partial charge in [-0.25, -0.2) is 0 Å². The maximum Gasteiger partial charge on any atom is 0.0236 e. The zero-order valence-corrected chi connectivity index (χ0v) is 12.2. The highest BCUT2D eigenvalue weighted by Crippen LogP contribution is 2.13. The van der Waals surface area contributed by atoms with E-state index in [0.29, 0.717) is 12.6 Å². The van der Waals surface area contributed by atoms with Gasteiger partial charge in [-0.3, -0.25) is 4.90 Å². The first-order valence-corrected chi connectivity index (χ1v) is 7.23. The van der Waals surface area contributed by atoms with E-state index in [4.69, 9.17) is 5.73 Å². The van der Waals surface area contributed by atoms with Crippen molar-refractivity contribution in [3.63, 3.8) is 0 Å². The van der Waals surface area contributed by atoms with Gasteiger partial charge in [-0.05, 0) is 37.4 Å². The third-order valence-electron chi connectivity index (χ3n) is 3.63. The van der Waals surface area contributed by atoms with Crippen molar-refractivity contribution in [3.8, 4) is 0 Å². The Kier molecular flexibility index (Phi) is 6.99. The Morgan fingerprint density at radius 3 is 2.56 bits per heavy atom. The van der Waals surface area contributed by atoms with E-state index >= 15 is 0 Å². The summed E-state index contributed by atoms with van der Waals surface area (Å²) in [6.45, 7) is 9.71. The molecule has 18 heavy (non-hydrogen) atoms. The average Bonchev–Trinajstić information content (AvgIpc) is 2.42. The number of hydrogen-bond acceptors (Lipinski definition) is 2. The molecule has 2 N–H and O–H groups in total. The third kappa shape index (κ3) is 4.79. The molecule has 2 nitrogen and oxygen atoms in total. The molecule has 0 saturated carbocycles. The molecule has 1 aromatic carbocycles. The molecule has 0 radical (unpaired) electrons. The standard InChI is InChI=1S/C16H28N2/c1-4-6-10-18(14(3)5-2)13-16-9-7-8-15(11-16)12-17/h7-9,11,14H,4-6,10,12-13,17H2,1-3H3. The van der Waals surface area contributed by atoms with Crippen molar-refractivity contribution in [2.75, 3.05) is 6.54 Å². The van der Waals surface area contributed by atoms with Crippen molar-refractivity contribution in [1.82, 2.24) is 4.90 Å². The van der Waals surface area contributed by atoms with Gasteiger partial charge in [0.05, 0.1) is 0 Å². The summed E-state index contributed by atoms with van der Waals surface area (Å²) in [4.78, 5) is 2.58. The first kappa shape index (κ1) is 15.2. The topological polar surface area (TPSA) is 29.3 Å². The lowest BCUT2D eigenvalue weighted by Crippen LogP contribution is -2.33. The maximum atomic E-state index is 5.70. The second-order valence-electron chi connectivity index (χ2n) is 5.11. The van der Waals surface area contributed by atoms with Crippen molar-refractivity contribution in [1.29, 1.82) is 0 Å². The van der Waals surface area contributed by atoms with Crippen molar-refractivity contribution in [2.24, 2.45) is 5.73 Å². The smallest absolute Gasteiger partial charge is 0.0236 e. The lowest BCUT2D eigenvalue weighted by atomic mass is 10.1. The second-order valence-corrected chi connectivity index (χ2v) is 5.11. The molecule has 0 spiro atoms. The van der Waals surface area contributed by atoms with Crippen LogP contribution in [0.1, 0.15) is 51.2 Å². The number of benzene rings is 1. The summed E-state index contributed by atoms with van der Waals surface area (Å²) >= 11 is 0. The van der Waals surface area contributed by atoms with Crippen LogP contribution in [0.4, 0.5) is 0 Å². The van der Waals surface area contributed by atoms with Crippen LogP contribution in [0.3, 0.4) is 0 Å². The Hall–Kier alpha value is -0.860. The molecule has 0 aliphatic rings. The SMILES string of the molecule is CCCCN(Cc1cccc(CN)c1)C(C)CC. The molecule has 0 saturated heterocycles. The molecule has 1 aromatic rings. The van der Waals surface area contributed by atoms with Gasteiger partial charge in [-0.2, -0.15) is 0 Å². The Balaban J connectivity index is 2.68. The minimum absolute atomic E-state index is 0.631. The van der Waals surface area contributed by atoms with Crippen LogP contribution < -0.4 is 5.73 Å². The van der Waals surface area contributed by atoms with E-state index in [9.17, 15) is 0 Å². The molecule has 0 heterocycles. The Bertz CT molecular complexity index is 336. The number of nitrogens with zero attached hydrogens (tertiary/aromatic N) is 1. The van der Waals surface area contributed by atoms with Crippen LogP contribution in [-0.2, 0) is 13.1 Å². The fourth-order valence-electron chi connectivity index (χ4n) is 2.16. The molecular weight excluding hydrogens is 220 g/mol. The van der Waals surface area contributed by atoms with Crippen molar-refractivity contribution >= 4 is 0 Å². The second kappa shape index (κ2) is 8.28. The lowest BCUT2D eigenvalue weighted by molar-refractivity contribution is 0.192. The van der Waals surface area contributed by atoms with Crippen molar-refractivity contribution < 1.29 is 0 Å². The van der Waals surface area contributed by atoms with Crippen LogP contribution in [0.2, 0.25) is 0 Å². The zero-order chi connectivity index (χ0) is 13.4. The molecule has 0 bridgehead atoms. The van der Waals surface area contributed by atoms with Gasteiger partial charge in [-0.1, -0.05) is 44.5 Å². The highest BCUT2D eigenvalue weighted by atomic mass is 15.1. The summed E-state index contributed by atoms with van der Waals surface area (Å²) in [5, 5.41) is 0. The monoisotopic (exact) mass is 248 g/mol. The predicted molar refractivity (Wildman–Crippen MR) is 79.4 cm³/mol. The average molecular weight is 248 g/mol. The van der Waals surface area contributed by atoms with Gasteiger partial charge in [-0.15, -0.1) is 0 Å². The normalized spacial score (nSPS) is 12.9. The minimum atomic E-state index is 0.631. The molecule has 0 aliphatic heterocycles. The fourth-order valence-corrected chi connectivity index (χ4v) is 2.16. The Morgan fingerprint density at radius 2 is 1.94 bits per heavy atom. The summed E-state index contributed by atoms with van der Waals surface area (Å²) in [7, 11) is 0. The van der Waals surface area contributed by atoms with Crippen molar-refractivity contribution in [3.05, 3.63) is 35.4 Å². The summed E-state index contributed by atoms with van der Waals surface area (Å²) in [6.07, 6.45) is 3.75. The molecule has 1 rings (SSSR count). The van der Waals surface area contributed by atoms with Crippen LogP contribution in [0, 0.1) is 0 Å². The molecule has 0 amide bonds. The van der Waals surface area contributed by atoms with E-state index in [1.54, 1.807) is 0 Å². The zero-order valence-electron chi connectivity index (χ0n) is 12.2. The highest BCUT2D eigenvalue weighted by Gasteiger charge is 2.12. The van der Waals surface area contributed by atoms with Crippen molar-refractivity contribution in [2.45, 2.75) is 59.2 Å². The quantitative estimate of drug-likeness (QED) is 0.762. The molecule has 102 valence electrons. The van der Waals surface area contributed by atoms with Gasteiger partial charge in [0, 0.05) is 19.1 Å². The highest BCUT2D eigenvalue weighted by molar-refractivity contribution is 5.23. The number of rotatable bonds is 8. The van der Waals surface area contributed by atoms with E-state index < -0.39 is 0 Å². The predicted octanol–water partition coefficient (Wildman–Crippen LogP) is 3.55. The molecule has 0 fully saturated rings. The van der Waals surface area contributed by atoms with Gasteiger partial charge >= 0.3 is 0 Å². The van der Waals surface area contributed by atoms with Gasteiger partial charge in [0.2, 0.25) is 0 Å². The molecule has 1 unspecified atom stereocenters. The first-order chi connectivity index (χ1) is 8.71. The lowest BCUT2D eigenvalue weighted by Gasteiger charge is -2.28. The van der Waals surface area contributed by atoms with Crippen LogP contribution >= 0.6 is 0 Å². The Morgan fingerprint density at radius 1 is 1.22 bits per heavy atom. The number of unbranched alkanes of at least 4 members (excludes halogenated alkanes) is 1. The van der Waals surface area contributed by atoms with Crippen LogP contribution in [-0.4, -0.2) is 17.5 Å². The summed E-state index contributed by atoms with van der Waals surface area (Å²) < 4.78 is 0. The van der Waals surface area contributed by atoms with E-state index in [0.717, 1.165) is 6.54 Å². The third-order valence-corrected chi connectivity index (χ3v) is 3.63. The summed E-state index contributed by atoms with van der Waals surface area (Å²) in [5.41, 5.74) is 8.31. The van der Waals surface area contributed by atoms with Gasteiger partial charge in [0.25, 0.3) is 0 Å². The van der Waals surface area contributed by atoms with Crippen LogP contribution in [0.25, 0.3) is 0 Å². The van der Waals surface area contributed by atoms with E-state index in [2.05, 4.69) is 49.9 Å². The summed E-state index contributed by atoms with van der Waals surface area (Å²) in [5.74, 6) is 0. The molecule has 1 atom stereocenters. The molecule has 0 aliphatic carbocycles. The van der Waals surface area contributed by atoms with E-state index in [1.165, 1.54) is 36.9 Å². The minimum Gasteiger partial charge on any atom is -0.326 e. The molecule has 2 heteroatoms. The first-order valence-electron chi connectivity index (χ1n) is 7.23. The van der Waals surface area contributed by atoms with E-state index in [1.807, 2.05) is 0 Å². The van der Waals surface area contributed by atoms with Crippen LogP contribution in [0.15, 0.2) is 24.3 Å². The molecule has 0 aromatic heterocycles. The number of hydrogen-bond donors (Lipinski definition) is 1. The van der Waals surface area contributed by atoms with Gasteiger partial charge in [0.15, 0.2) is 0 Å².